The van der Waals surface area contributed by atoms with Gasteiger partial charge in [-0.15, -0.1) is 0 Å². The molecule has 26 heavy (non-hydrogen) atoms. The third-order valence-corrected chi connectivity index (χ3v) is 5.45. The summed E-state index contributed by atoms with van der Waals surface area (Å²) in [7, 11) is -2.38. The molecule has 0 aliphatic heterocycles. The predicted molar refractivity (Wildman–Crippen MR) is 95.0 cm³/mol. The summed E-state index contributed by atoms with van der Waals surface area (Å²) in [5.74, 6) is -1.40. The van der Waals surface area contributed by atoms with E-state index in [1.807, 2.05) is 6.92 Å². The molecule has 0 atom stereocenters. The van der Waals surface area contributed by atoms with Gasteiger partial charge in [0.15, 0.2) is 0 Å². The Labute approximate surface area is 155 Å². The Kier molecular flexibility index (Phi) is 6.02. The van der Waals surface area contributed by atoms with E-state index < -0.39 is 21.7 Å². The number of nitrogens with one attached hydrogen (secondary N) is 2. The minimum atomic E-state index is -3.85. The maximum atomic E-state index is 13.4. The molecule has 1 aromatic heterocycles. The third kappa shape index (κ3) is 4.04. The van der Waals surface area contributed by atoms with Gasteiger partial charge in [-0.3, -0.25) is 4.79 Å². The van der Waals surface area contributed by atoms with E-state index in [2.05, 4.69) is 10.0 Å². The molecule has 1 amide bonds. The van der Waals surface area contributed by atoms with E-state index in [-0.39, 0.29) is 33.4 Å². The standard InChI is InChI=1S/C16H16ClFN4O3S/c1-3-6-20-26(24,25)13-9-22(2)15(14(13)17)16(23)21-11-4-5-12(18)10(7-11)8-19/h4-5,7,9,20H,3,6H2,1-2H3,(H,21,23). The van der Waals surface area contributed by atoms with Gasteiger partial charge in [0.1, 0.15) is 22.5 Å². The molecule has 7 nitrogen and oxygen atoms in total. The number of benzene rings is 1. The van der Waals surface area contributed by atoms with Gasteiger partial charge in [0.25, 0.3) is 5.91 Å². The second-order valence-corrected chi connectivity index (χ2v) is 7.54. The second-order valence-electron chi connectivity index (χ2n) is 5.43. The first-order valence-corrected chi connectivity index (χ1v) is 9.42. The van der Waals surface area contributed by atoms with Gasteiger partial charge in [0.05, 0.1) is 10.6 Å². The van der Waals surface area contributed by atoms with Crippen molar-refractivity contribution in [2.24, 2.45) is 7.05 Å². The van der Waals surface area contributed by atoms with Gasteiger partial charge in [-0.25, -0.2) is 17.5 Å². The van der Waals surface area contributed by atoms with Crippen LogP contribution in [0.15, 0.2) is 29.3 Å². The second kappa shape index (κ2) is 7.86. The smallest absolute Gasteiger partial charge is 0.273 e. The fraction of sp³-hybridized carbons (Fsp3) is 0.250. The van der Waals surface area contributed by atoms with Crippen LogP contribution in [0.5, 0.6) is 0 Å². The zero-order chi connectivity index (χ0) is 19.5. The van der Waals surface area contributed by atoms with Gasteiger partial charge in [-0.2, -0.15) is 5.26 Å². The van der Waals surface area contributed by atoms with E-state index in [0.717, 1.165) is 6.07 Å². The normalized spacial score (nSPS) is 11.2. The highest BCUT2D eigenvalue weighted by Gasteiger charge is 2.26. The van der Waals surface area contributed by atoms with E-state index in [0.29, 0.717) is 6.42 Å². The lowest BCUT2D eigenvalue weighted by Gasteiger charge is -2.07. The minimum absolute atomic E-state index is 0.0774. The molecule has 10 heteroatoms. The van der Waals surface area contributed by atoms with Crippen molar-refractivity contribution >= 4 is 33.2 Å². The summed E-state index contributed by atoms with van der Waals surface area (Å²) in [6, 6.07) is 5.17. The molecule has 0 unspecified atom stereocenters. The Morgan fingerprint density at radius 3 is 2.73 bits per heavy atom. The summed E-state index contributed by atoms with van der Waals surface area (Å²) in [6.07, 6.45) is 1.84. The first kappa shape index (κ1) is 19.9. The Balaban J connectivity index is 2.35. The lowest BCUT2D eigenvalue weighted by molar-refractivity contribution is 0.101. The van der Waals surface area contributed by atoms with Crippen molar-refractivity contribution in [3.63, 3.8) is 0 Å². The van der Waals surface area contributed by atoms with Crippen LogP contribution < -0.4 is 10.0 Å². The molecule has 1 aromatic carbocycles. The Morgan fingerprint density at radius 2 is 2.12 bits per heavy atom. The summed E-state index contributed by atoms with van der Waals surface area (Å²) in [5.41, 5.74) is -0.127. The fourth-order valence-corrected chi connectivity index (χ4v) is 4.04. The van der Waals surface area contributed by atoms with Gasteiger partial charge < -0.3 is 9.88 Å². The zero-order valence-corrected chi connectivity index (χ0v) is 15.6. The molecule has 1 heterocycles. The molecule has 2 N–H and O–H groups in total. The summed E-state index contributed by atoms with van der Waals surface area (Å²) in [4.78, 5) is 12.3. The topological polar surface area (TPSA) is 104 Å². The van der Waals surface area contributed by atoms with Crippen LogP contribution in [-0.2, 0) is 17.1 Å². The molecule has 0 saturated heterocycles. The molecule has 0 aliphatic rings. The van der Waals surface area contributed by atoms with Crippen LogP contribution in [-0.4, -0.2) is 25.4 Å². The van der Waals surface area contributed by atoms with Crippen LogP contribution >= 0.6 is 11.6 Å². The quantitative estimate of drug-likeness (QED) is 0.780. The van der Waals surface area contributed by atoms with Crippen molar-refractivity contribution in [3.05, 3.63) is 46.5 Å². The van der Waals surface area contributed by atoms with E-state index in [1.165, 1.54) is 29.9 Å². The molecule has 0 spiro atoms. The maximum Gasteiger partial charge on any atom is 0.273 e. The van der Waals surface area contributed by atoms with Gasteiger partial charge in [0.2, 0.25) is 10.0 Å². The molecule has 138 valence electrons. The van der Waals surface area contributed by atoms with E-state index in [4.69, 9.17) is 16.9 Å². The number of anilines is 1. The van der Waals surface area contributed by atoms with Crippen LogP contribution in [0.2, 0.25) is 5.02 Å². The van der Waals surface area contributed by atoms with Crippen LogP contribution in [0.1, 0.15) is 29.4 Å². The summed E-state index contributed by atoms with van der Waals surface area (Å²) in [6.45, 7) is 2.05. The maximum absolute atomic E-state index is 13.4. The van der Waals surface area contributed by atoms with Crippen LogP contribution in [0, 0.1) is 17.1 Å². The van der Waals surface area contributed by atoms with Crippen molar-refractivity contribution in [1.29, 1.82) is 5.26 Å². The van der Waals surface area contributed by atoms with Gasteiger partial charge in [-0.1, -0.05) is 18.5 Å². The number of sulfonamides is 1. The highest BCUT2D eigenvalue weighted by Crippen LogP contribution is 2.28. The lowest BCUT2D eigenvalue weighted by atomic mass is 10.2. The number of carbonyl (C=O) groups excluding carboxylic acids is 1. The molecule has 0 fully saturated rings. The highest BCUT2D eigenvalue weighted by atomic mass is 35.5. The number of nitriles is 1. The molecular weight excluding hydrogens is 383 g/mol. The minimum Gasteiger partial charge on any atom is -0.344 e. The van der Waals surface area contributed by atoms with Crippen molar-refractivity contribution < 1.29 is 17.6 Å². The third-order valence-electron chi connectivity index (χ3n) is 3.48. The monoisotopic (exact) mass is 398 g/mol. The van der Waals surface area contributed by atoms with Gasteiger partial charge >= 0.3 is 0 Å². The van der Waals surface area contributed by atoms with Crippen molar-refractivity contribution in [3.8, 4) is 6.07 Å². The van der Waals surface area contributed by atoms with E-state index in [1.54, 1.807) is 6.07 Å². The van der Waals surface area contributed by atoms with Crippen LogP contribution in [0.4, 0.5) is 10.1 Å². The predicted octanol–water partition coefficient (Wildman–Crippen LogP) is 2.63. The fourth-order valence-electron chi connectivity index (χ4n) is 2.21. The Bertz CT molecular complexity index is 996. The Morgan fingerprint density at radius 1 is 1.42 bits per heavy atom. The first-order valence-electron chi connectivity index (χ1n) is 7.56. The average molecular weight is 399 g/mol. The molecule has 0 radical (unpaired) electrons. The molecule has 0 saturated carbocycles. The number of carbonyl (C=O) groups is 1. The Hall–Kier alpha value is -2.41. The summed E-state index contributed by atoms with van der Waals surface area (Å²) < 4.78 is 41.5. The zero-order valence-electron chi connectivity index (χ0n) is 14.0. The number of aryl methyl sites for hydroxylation is 1. The largest absolute Gasteiger partial charge is 0.344 e. The first-order chi connectivity index (χ1) is 12.2. The number of halogens is 2. The summed E-state index contributed by atoms with van der Waals surface area (Å²) in [5, 5.41) is 11.1. The van der Waals surface area contributed by atoms with Crippen molar-refractivity contribution in [2.45, 2.75) is 18.2 Å². The van der Waals surface area contributed by atoms with E-state index >= 15 is 0 Å². The number of aromatic nitrogens is 1. The molecule has 0 bridgehead atoms. The average Bonchev–Trinajstić information content (AvgIpc) is 2.90. The molecular formula is C16H16ClFN4O3S. The molecule has 2 rings (SSSR count). The van der Waals surface area contributed by atoms with Gasteiger partial charge in [-0.05, 0) is 24.6 Å². The van der Waals surface area contributed by atoms with E-state index in [9.17, 15) is 17.6 Å². The number of nitrogens with zero attached hydrogens (tertiary/aromatic N) is 2. The number of rotatable bonds is 6. The van der Waals surface area contributed by atoms with Crippen LogP contribution in [0.25, 0.3) is 0 Å². The summed E-state index contributed by atoms with van der Waals surface area (Å²) >= 11 is 6.12. The number of amides is 1. The number of hydrogen-bond donors (Lipinski definition) is 2. The number of hydrogen-bond acceptors (Lipinski definition) is 4. The highest BCUT2D eigenvalue weighted by molar-refractivity contribution is 7.89. The van der Waals surface area contributed by atoms with Crippen LogP contribution in [0.3, 0.4) is 0 Å². The lowest BCUT2D eigenvalue weighted by Crippen LogP contribution is -2.24. The molecule has 0 aliphatic carbocycles. The van der Waals surface area contributed by atoms with Gasteiger partial charge in [0, 0.05) is 25.5 Å². The van der Waals surface area contributed by atoms with Crippen molar-refractivity contribution in [2.75, 3.05) is 11.9 Å². The molecule has 2 aromatic rings. The SMILES string of the molecule is CCCNS(=O)(=O)c1cn(C)c(C(=O)Nc2ccc(F)c(C#N)c2)c1Cl. The van der Waals surface area contributed by atoms with Crippen molar-refractivity contribution in [1.82, 2.24) is 9.29 Å².